The SMILES string of the molecule is CCc1nn(C)c(CN(CCC(=O)O)C2CC2)c1Cl. The van der Waals surface area contributed by atoms with Crippen molar-refractivity contribution in [2.45, 2.75) is 45.2 Å². The van der Waals surface area contributed by atoms with Gasteiger partial charge in [-0.2, -0.15) is 5.10 Å². The molecule has 6 heteroatoms. The topological polar surface area (TPSA) is 58.4 Å². The Kier molecular flexibility index (Phi) is 4.47. The highest BCUT2D eigenvalue weighted by molar-refractivity contribution is 6.31. The van der Waals surface area contributed by atoms with Crippen LogP contribution >= 0.6 is 11.6 Å². The average molecular weight is 286 g/mol. The molecule has 1 aliphatic rings. The third-order valence-corrected chi connectivity index (χ3v) is 3.97. The second-order valence-electron chi connectivity index (χ2n) is 5.03. The lowest BCUT2D eigenvalue weighted by atomic mass is 10.2. The Hall–Kier alpha value is -1.07. The number of carboxylic acids is 1. The minimum atomic E-state index is -0.754. The maximum atomic E-state index is 10.7. The van der Waals surface area contributed by atoms with Crippen molar-refractivity contribution in [3.8, 4) is 0 Å². The van der Waals surface area contributed by atoms with Gasteiger partial charge in [-0.05, 0) is 19.3 Å². The lowest BCUT2D eigenvalue weighted by Crippen LogP contribution is -2.29. The molecule has 1 fully saturated rings. The number of rotatable bonds is 7. The van der Waals surface area contributed by atoms with Crippen molar-refractivity contribution in [3.63, 3.8) is 0 Å². The highest BCUT2D eigenvalue weighted by Crippen LogP contribution is 2.30. The lowest BCUT2D eigenvalue weighted by Gasteiger charge is -2.21. The Morgan fingerprint density at radius 1 is 1.58 bits per heavy atom. The Balaban J connectivity index is 2.08. The van der Waals surface area contributed by atoms with Crippen LogP contribution in [0.25, 0.3) is 0 Å². The average Bonchev–Trinajstić information content (AvgIpc) is 3.15. The van der Waals surface area contributed by atoms with Gasteiger partial charge in [-0.25, -0.2) is 0 Å². The fraction of sp³-hybridized carbons (Fsp3) is 0.692. The number of nitrogens with zero attached hydrogens (tertiary/aromatic N) is 3. The van der Waals surface area contributed by atoms with E-state index in [1.807, 2.05) is 18.7 Å². The van der Waals surface area contributed by atoms with E-state index in [1.165, 1.54) is 0 Å². The molecule has 0 saturated heterocycles. The minimum absolute atomic E-state index is 0.173. The van der Waals surface area contributed by atoms with Crippen LogP contribution in [0, 0.1) is 0 Å². The summed E-state index contributed by atoms with van der Waals surface area (Å²) in [6.45, 7) is 3.28. The van der Waals surface area contributed by atoms with Crippen LogP contribution in [0.15, 0.2) is 0 Å². The Labute approximate surface area is 118 Å². The van der Waals surface area contributed by atoms with Crippen LogP contribution in [0.4, 0.5) is 0 Å². The van der Waals surface area contributed by atoms with E-state index < -0.39 is 5.97 Å². The summed E-state index contributed by atoms with van der Waals surface area (Å²) in [7, 11) is 1.89. The summed E-state index contributed by atoms with van der Waals surface area (Å²) in [6, 6.07) is 0.510. The van der Waals surface area contributed by atoms with Crippen LogP contribution < -0.4 is 0 Å². The molecule has 1 saturated carbocycles. The summed E-state index contributed by atoms with van der Waals surface area (Å²) in [6.07, 6.45) is 3.28. The van der Waals surface area contributed by atoms with Gasteiger partial charge in [0, 0.05) is 26.2 Å². The zero-order chi connectivity index (χ0) is 14.0. The van der Waals surface area contributed by atoms with Gasteiger partial charge in [-0.15, -0.1) is 0 Å². The van der Waals surface area contributed by atoms with Crippen molar-refractivity contribution in [1.29, 1.82) is 0 Å². The van der Waals surface area contributed by atoms with Gasteiger partial charge in [0.1, 0.15) is 0 Å². The highest BCUT2D eigenvalue weighted by atomic mass is 35.5. The molecule has 0 aliphatic heterocycles. The molecule has 0 amide bonds. The monoisotopic (exact) mass is 285 g/mol. The summed E-state index contributed by atoms with van der Waals surface area (Å²) < 4.78 is 1.82. The highest BCUT2D eigenvalue weighted by Gasteiger charge is 2.30. The molecule has 1 aromatic rings. The van der Waals surface area contributed by atoms with Crippen molar-refractivity contribution in [1.82, 2.24) is 14.7 Å². The molecule has 0 aromatic carbocycles. The fourth-order valence-corrected chi connectivity index (χ4v) is 2.61. The molecule has 0 radical (unpaired) electrons. The van der Waals surface area contributed by atoms with Crippen molar-refractivity contribution in [3.05, 3.63) is 16.4 Å². The van der Waals surface area contributed by atoms with Crippen LogP contribution in [0.3, 0.4) is 0 Å². The summed E-state index contributed by atoms with van der Waals surface area (Å²) in [5, 5.41) is 13.9. The third-order valence-electron chi connectivity index (χ3n) is 3.53. The Morgan fingerprint density at radius 3 is 2.74 bits per heavy atom. The number of aliphatic carboxylic acids is 1. The first-order valence-electron chi connectivity index (χ1n) is 6.69. The molecule has 0 bridgehead atoms. The normalized spacial score (nSPS) is 15.2. The molecule has 1 aromatic heterocycles. The van der Waals surface area contributed by atoms with Crippen LogP contribution in [0.5, 0.6) is 0 Å². The summed E-state index contributed by atoms with van der Waals surface area (Å²) in [5.74, 6) is -0.754. The maximum absolute atomic E-state index is 10.7. The molecular formula is C13H20ClN3O2. The maximum Gasteiger partial charge on any atom is 0.304 e. The predicted octanol–water partition coefficient (Wildman–Crippen LogP) is 2.08. The largest absolute Gasteiger partial charge is 0.481 e. The van der Waals surface area contributed by atoms with Crippen LogP contribution in [-0.2, 0) is 24.8 Å². The van der Waals surface area contributed by atoms with Crippen molar-refractivity contribution in [2.75, 3.05) is 6.54 Å². The van der Waals surface area contributed by atoms with E-state index in [0.29, 0.717) is 19.1 Å². The van der Waals surface area contributed by atoms with Crippen LogP contribution in [0.1, 0.15) is 37.6 Å². The van der Waals surface area contributed by atoms with Gasteiger partial charge in [-0.3, -0.25) is 14.4 Å². The zero-order valence-electron chi connectivity index (χ0n) is 11.4. The molecule has 0 spiro atoms. The van der Waals surface area contributed by atoms with Gasteiger partial charge in [0.25, 0.3) is 0 Å². The number of hydrogen-bond acceptors (Lipinski definition) is 3. The molecule has 19 heavy (non-hydrogen) atoms. The molecule has 2 rings (SSSR count). The predicted molar refractivity (Wildman–Crippen MR) is 73.3 cm³/mol. The van der Waals surface area contributed by atoms with E-state index in [1.54, 1.807) is 0 Å². The van der Waals surface area contributed by atoms with Gasteiger partial charge in [0.05, 0.1) is 22.8 Å². The molecule has 1 aliphatic carbocycles. The summed E-state index contributed by atoms with van der Waals surface area (Å²) in [5.41, 5.74) is 1.89. The second-order valence-corrected chi connectivity index (χ2v) is 5.41. The third kappa shape index (κ3) is 3.48. The van der Waals surface area contributed by atoms with Gasteiger partial charge in [0.2, 0.25) is 0 Å². The van der Waals surface area contributed by atoms with E-state index in [0.717, 1.165) is 35.7 Å². The molecule has 0 atom stereocenters. The fourth-order valence-electron chi connectivity index (χ4n) is 2.25. The van der Waals surface area contributed by atoms with Gasteiger partial charge in [0.15, 0.2) is 0 Å². The number of carbonyl (C=O) groups is 1. The summed E-state index contributed by atoms with van der Waals surface area (Å²) >= 11 is 6.34. The number of aryl methyl sites for hydroxylation is 2. The molecule has 106 valence electrons. The molecule has 1 heterocycles. The first-order chi connectivity index (χ1) is 9.02. The molecule has 1 N–H and O–H groups in total. The first kappa shape index (κ1) is 14.3. The van der Waals surface area contributed by atoms with Gasteiger partial charge >= 0.3 is 5.97 Å². The van der Waals surface area contributed by atoms with Crippen LogP contribution in [0.2, 0.25) is 5.02 Å². The van der Waals surface area contributed by atoms with Crippen molar-refractivity contribution < 1.29 is 9.90 Å². The Morgan fingerprint density at radius 2 is 2.26 bits per heavy atom. The molecule has 0 unspecified atom stereocenters. The van der Waals surface area contributed by atoms with E-state index in [2.05, 4.69) is 10.00 Å². The number of hydrogen-bond donors (Lipinski definition) is 1. The second kappa shape index (κ2) is 5.92. The first-order valence-corrected chi connectivity index (χ1v) is 7.06. The minimum Gasteiger partial charge on any atom is -0.481 e. The Bertz CT molecular complexity index is 469. The summed E-state index contributed by atoms with van der Waals surface area (Å²) in [4.78, 5) is 12.9. The van der Waals surface area contributed by atoms with E-state index in [4.69, 9.17) is 16.7 Å². The van der Waals surface area contributed by atoms with E-state index in [-0.39, 0.29) is 6.42 Å². The van der Waals surface area contributed by atoms with Gasteiger partial charge < -0.3 is 5.11 Å². The number of carboxylic acid groups (broad SMARTS) is 1. The molecule has 5 nitrogen and oxygen atoms in total. The van der Waals surface area contributed by atoms with Crippen molar-refractivity contribution in [2.24, 2.45) is 7.05 Å². The quantitative estimate of drug-likeness (QED) is 0.833. The standard InChI is InChI=1S/C13H20ClN3O2/c1-3-10-13(14)11(16(2)15-10)8-17(9-4-5-9)7-6-12(18)19/h9H,3-8H2,1-2H3,(H,18,19). The lowest BCUT2D eigenvalue weighted by molar-refractivity contribution is -0.137. The van der Waals surface area contributed by atoms with Crippen molar-refractivity contribution >= 4 is 17.6 Å². The van der Waals surface area contributed by atoms with E-state index in [9.17, 15) is 4.79 Å². The smallest absolute Gasteiger partial charge is 0.304 e. The van der Waals surface area contributed by atoms with Gasteiger partial charge in [-0.1, -0.05) is 18.5 Å². The van der Waals surface area contributed by atoms with E-state index >= 15 is 0 Å². The number of halogens is 1. The van der Waals surface area contributed by atoms with Crippen LogP contribution in [-0.4, -0.2) is 38.3 Å². The number of aromatic nitrogens is 2. The zero-order valence-corrected chi connectivity index (χ0v) is 12.2. The molecular weight excluding hydrogens is 266 g/mol.